The summed E-state index contributed by atoms with van der Waals surface area (Å²) >= 11 is 1.32. The van der Waals surface area contributed by atoms with Crippen LogP contribution in [0.2, 0.25) is 0 Å². The van der Waals surface area contributed by atoms with Crippen LogP contribution in [-0.4, -0.2) is 61.1 Å². The number of methoxy groups -OCH3 is 2. The Hall–Kier alpha value is -3.24. The molecule has 3 aromatic rings. The maximum Gasteiger partial charge on any atom is 0.270 e. The van der Waals surface area contributed by atoms with Crippen LogP contribution in [0, 0.1) is 10.1 Å². The van der Waals surface area contributed by atoms with E-state index in [1.807, 2.05) is 0 Å². The number of carbonyl (C=O) groups excluding carboxylic acids is 1. The standard InChI is InChI=1S/C22H26N4O5S/c1-5-24(6-2)12-13-25(21(27)15-8-7-9-16(14-15)26(28)29)22-23-19-17(30-3)10-11-18(31-4)20(19)32-22/h7-11,14H,5-6,12-13H2,1-4H3. The summed E-state index contributed by atoms with van der Waals surface area (Å²) in [5, 5.41) is 11.7. The van der Waals surface area contributed by atoms with Crippen molar-refractivity contribution in [3.05, 3.63) is 52.1 Å². The molecule has 1 heterocycles. The number of nitro benzene ring substituents is 1. The Balaban J connectivity index is 2.07. The van der Waals surface area contributed by atoms with Crippen LogP contribution in [0.25, 0.3) is 10.2 Å². The lowest BCUT2D eigenvalue weighted by molar-refractivity contribution is -0.384. The second-order valence-electron chi connectivity index (χ2n) is 6.94. The predicted molar refractivity (Wildman–Crippen MR) is 125 cm³/mol. The zero-order chi connectivity index (χ0) is 23.3. The number of nitro groups is 1. The summed E-state index contributed by atoms with van der Waals surface area (Å²) in [4.78, 5) is 32.6. The molecule has 2 aromatic carbocycles. The Morgan fingerprint density at radius 1 is 1.09 bits per heavy atom. The molecule has 1 aromatic heterocycles. The molecule has 0 N–H and O–H groups in total. The van der Waals surface area contributed by atoms with Gasteiger partial charge in [0.2, 0.25) is 0 Å². The number of amides is 1. The molecule has 0 aliphatic carbocycles. The van der Waals surface area contributed by atoms with Crippen LogP contribution in [0.15, 0.2) is 36.4 Å². The highest BCUT2D eigenvalue weighted by Crippen LogP contribution is 2.40. The van der Waals surface area contributed by atoms with Gasteiger partial charge in [-0.1, -0.05) is 31.3 Å². The van der Waals surface area contributed by atoms with Gasteiger partial charge in [0.1, 0.15) is 21.7 Å². The fourth-order valence-corrected chi connectivity index (χ4v) is 4.46. The SMILES string of the molecule is CCN(CC)CCN(C(=O)c1cccc([N+](=O)[O-])c1)c1nc2c(OC)ccc(OC)c2s1. The summed E-state index contributed by atoms with van der Waals surface area (Å²) in [5.74, 6) is 0.865. The molecule has 0 radical (unpaired) electrons. The predicted octanol–water partition coefficient (Wildman–Crippen LogP) is 4.21. The molecule has 3 rings (SSSR count). The normalized spacial score (nSPS) is 11.0. The smallest absolute Gasteiger partial charge is 0.270 e. The number of rotatable bonds is 10. The number of non-ortho nitro benzene ring substituents is 1. The number of nitrogens with zero attached hydrogens (tertiary/aromatic N) is 4. The van der Waals surface area contributed by atoms with Crippen molar-refractivity contribution in [3.63, 3.8) is 0 Å². The number of fused-ring (bicyclic) bond motifs is 1. The van der Waals surface area contributed by atoms with Gasteiger partial charge in [-0.15, -0.1) is 0 Å². The summed E-state index contributed by atoms with van der Waals surface area (Å²) in [5.41, 5.74) is 0.704. The quantitative estimate of drug-likeness (QED) is 0.331. The summed E-state index contributed by atoms with van der Waals surface area (Å²) in [6.45, 7) is 6.83. The van der Waals surface area contributed by atoms with Gasteiger partial charge in [-0.25, -0.2) is 4.98 Å². The second kappa shape index (κ2) is 10.4. The molecule has 0 unspecified atom stereocenters. The average Bonchev–Trinajstić information content (AvgIpc) is 3.26. The topological polar surface area (TPSA) is 98.0 Å². The Morgan fingerprint density at radius 3 is 2.41 bits per heavy atom. The first kappa shape index (κ1) is 23.4. The molecule has 32 heavy (non-hydrogen) atoms. The van der Waals surface area contributed by atoms with E-state index in [2.05, 4.69) is 18.7 Å². The van der Waals surface area contributed by atoms with Crippen LogP contribution in [0.4, 0.5) is 10.8 Å². The molecular weight excluding hydrogens is 432 g/mol. The lowest BCUT2D eigenvalue weighted by atomic mass is 10.2. The molecule has 0 aliphatic heterocycles. The highest BCUT2D eigenvalue weighted by molar-refractivity contribution is 7.22. The van der Waals surface area contributed by atoms with Crippen molar-refractivity contribution in [1.29, 1.82) is 0 Å². The Labute approximate surface area is 190 Å². The Morgan fingerprint density at radius 2 is 1.78 bits per heavy atom. The van der Waals surface area contributed by atoms with E-state index in [1.165, 1.54) is 29.5 Å². The third-order valence-corrected chi connectivity index (χ3v) is 6.31. The van der Waals surface area contributed by atoms with E-state index in [0.717, 1.165) is 17.8 Å². The molecule has 0 fully saturated rings. The maximum atomic E-state index is 13.5. The number of hydrogen-bond acceptors (Lipinski definition) is 8. The van der Waals surface area contributed by atoms with E-state index < -0.39 is 4.92 Å². The molecule has 0 bridgehead atoms. The number of likely N-dealkylation sites (N-methyl/N-ethyl adjacent to an activating group) is 1. The van der Waals surface area contributed by atoms with E-state index in [-0.39, 0.29) is 17.2 Å². The van der Waals surface area contributed by atoms with Crippen molar-refractivity contribution in [2.24, 2.45) is 0 Å². The van der Waals surface area contributed by atoms with Crippen LogP contribution in [0.1, 0.15) is 24.2 Å². The van der Waals surface area contributed by atoms with Crippen LogP contribution in [0.5, 0.6) is 11.5 Å². The van der Waals surface area contributed by atoms with Gasteiger partial charge in [0.05, 0.1) is 19.1 Å². The Kier molecular flexibility index (Phi) is 7.60. The third kappa shape index (κ3) is 4.81. The molecular formula is C22H26N4O5S. The van der Waals surface area contributed by atoms with Crippen molar-refractivity contribution in [2.45, 2.75) is 13.8 Å². The van der Waals surface area contributed by atoms with Gasteiger partial charge in [0, 0.05) is 30.8 Å². The average molecular weight is 459 g/mol. The summed E-state index contributed by atoms with van der Waals surface area (Å²) in [6.07, 6.45) is 0. The number of hydrogen-bond donors (Lipinski definition) is 0. The lowest BCUT2D eigenvalue weighted by Gasteiger charge is -2.24. The lowest BCUT2D eigenvalue weighted by Crippen LogP contribution is -2.38. The minimum absolute atomic E-state index is 0.132. The van der Waals surface area contributed by atoms with Gasteiger partial charge in [0.25, 0.3) is 11.6 Å². The molecule has 10 heteroatoms. The van der Waals surface area contributed by atoms with E-state index >= 15 is 0 Å². The van der Waals surface area contributed by atoms with Crippen molar-refractivity contribution >= 4 is 38.3 Å². The van der Waals surface area contributed by atoms with Crippen LogP contribution in [-0.2, 0) is 0 Å². The molecule has 0 spiro atoms. The monoisotopic (exact) mass is 458 g/mol. The fourth-order valence-electron chi connectivity index (χ4n) is 3.36. The highest BCUT2D eigenvalue weighted by Gasteiger charge is 2.25. The number of carbonyl (C=O) groups is 1. The number of aromatic nitrogens is 1. The van der Waals surface area contributed by atoms with Gasteiger partial charge in [-0.2, -0.15) is 0 Å². The number of anilines is 1. The summed E-state index contributed by atoms with van der Waals surface area (Å²) in [7, 11) is 3.14. The zero-order valence-electron chi connectivity index (χ0n) is 18.5. The highest BCUT2D eigenvalue weighted by atomic mass is 32.1. The minimum Gasteiger partial charge on any atom is -0.495 e. The van der Waals surface area contributed by atoms with Crippen molar-refractivity contribution in [3.8, 4) is 11.5 Å². The second-order valence-corrected chi connectivity index (χ2v) is 7.91. The van der Waals surface area contributed by atoms with E-state index in [9.17, 15) is 14.9 Å². The Bertz CT molecular complexity index is 1070. The van der Waals surface area contributed by atoms with Gasteiger partial charge in [-0.3, -0.25) is 19.8 Å². The van der Waals surface area contributed by atoms with Crippen LogP contribution in [0.3, 0.4) is 0 Å². The van der Waals surface area contributed by atoms with Crippen molar-refractivity contribution in [2.75, 3.05) is 45.3 Å². The van der Waals surface area contributed by atoms with Crippen LogP contribution < -0.4 is 14.4 Å². The largest absolute Gasteiger partial charge is 0.495 e. The first-order valence-corrected chi connectivity index (χ1v) is 11.0. The molecule has 0 atom stereocenters. The van der Waals surface area contributed by atoms with Crippen molar-refractivity contribution in [1.82, 2.24) is 9.88 Å². The number of ether oxygens (including phenoxy) is 2. The van der Waals surface area contributed by atoms with E-state index in [1.54, 1.807) is 37.3 Å². The third-order valence-electron chi connectivity index (χ3n) is 5.21. The van der Waals surface area contributed by atoms with Gasteiger partial charge >= 0.3 is 0 Å². The molecule has 0 saturated heterocycles. The fraction of sp³-hybridized carbons (Fsp3) is 0.364. The number of benzene rings is 2. The summed E-state index contributed by atoms with van der Waals surface area (Å²) < 4.78 is 11.7. The summed E-state index contributed by atoms with van der Waals surface area (Å²) in [6, 6.07) is 9.32. The minimum atomic E-state index is -0.509. The van der Waals surface area contributed by atoms with Gasteiger partial charge in [0.15, 0.2) is 5.13 Å². The maximum absolute atomic E-state index is 13.5. The molecule has 1 amide bonds. The first-order valence-electron chi connectivity index (χ1n) is 10.2. The number of thiazole rings is 1. The molecule has 0 aliphatic rings. The first-order chi connectivity index (χ1) is 15.4. The van der Waals surface area contributed by atoms with Gasteiger partial charge < -0.3 is 14.4 Å². The van der Waals surface area contributed by atoms with E-state index in [4.69, 9.17) is 14.5 Å². The molecule has 9 nitrogen and oxygen atoms in total. The van der Waals surface area contributed by atoms with Crippen molar-refractivity contribution < 1.29 is 19.2 Å². The molecule has 170 valence electrons. The van der Waals surface area contributed by atoms with Crippen LogP contribution >= 0.6 is 11.3 Å². The molecule has 0 saturated carbocycles. The van der Waals surface area contributed by atoms with E-state index in [0.29, 0.717) is 35.2 Å². The van der Waals surface area contributed by atoms with Gasteiger partial charge in [-0.05, 0) is 31.3 Å². The zero-order valence-corrected chi connectivity index (χ0v) is 19.3.